The lowest BCUT2D eigenvalue weighted by atomic mass is 10.1. The third kappa shape index (κ3) is 2.99. The molecule has 5 nitrogen and oxygen atoms in total. The number of hydrogen-bond donors (Lipinski definition) is 0. The van der Waals surface area contributed by atoms with Crippen molar-refractivity contribution in [2.45, 2.75) is 18.9 Å². The van der Waals surface area contributed by atoms with Gasteiger partial charge in [-0.3, -0.25) is 0 Å². The Kier molecular flexibility index (Phi) is 4.80. The molecule has 2 aromatic heterocycles. The Hall–Kier alpha value is -2.41. The summed E-state index contributed by atoms with van der Waals surface area (Å²) in [7, 11) is 0. The monoisotopic (exact) mass is 345 g/mol. The first kappa shape index (κ1) is 16.4. The zero-order valence-electron chi connectivity index (χ0n) is 13.3. The maximum Gasteiger partial charge on any atom is 0.344 e. The zero-order chi connectivity index (χ0) is 17.1. The summed E-state index contributed by atoms with van der Waals surface area (Å²) in [4.78, 5) is 16.6. The number of ether oxygens (including phenoxy) is 1. The molecule has 124 valence electrons. The van der Waals surface area contributed by atoms with Crippen molar-refractivity contribution in [2.75, 3.05) is 12.4 Å². The van der Waals surface area contributed by atoms with Crippen LogP contribution in [0.4, 0.5) is 4.39 Å². The summed E-state index contributed by atoms with van der Waals surface area (Å²) in [6.45, 7) is 4.02. The number of nitrogens with zero attached hydrogens (tertiary/aromatic N) is 3. The van der Waals surface area contributed by atoms with Crippen LogP contribution < -0.4 is 0 Å². The molecular weight excluding hydrogens is 329 g/mol. The van der Waals surface area contributed by atoms with Gasteiger partial charge in [-0.2, -0.15) is 5.10 Å². The predicted octanol–water partition coefficient (Wildman–Crippen LogP) is 3.82. The molecule has 0 spiro atoms. The van der Waals surface area contributed by atoms with E-state index in [2.05, 4.69) is 10.1 Å². The normalized spacial score (nSPS) is 11.0. The minimum absolute atomic E-state index is 0.282. The molecule has 0 fully saturated rings. The number of carbonyl (C=O) groups is 1. The van der Waals surface area contributed by atoms with Gasteiger partial charge in [-0.1, -0.05) is 6.92 Å². The Morgan fingerprint density at radius 3 is 2.67 bits per heavy atom. The second-order valence-corrected chi connectivity index (χ2v) is 6.16. The van der Waals surface area contributed by atoms with Crippen molar-refractivity contribution in [2.24, 2.45) is 0 Å². The molecule has 0 atom stereocenters. The van der Waals surface area contributed by atoms with Crippen molar-refractivity contribution < 1.29 is 13.9 Å². The third-order valence-corrected chi connectivity index (χ3v) is 4.23. The number of esters is 1. The number of fused-ring (bicyclic) bond motifs is 1. The van der Waals surface area contributed by atoms with Gasteiger partial charge in [0, 0.05) is 11.8 Å². The Morgan fingerprint density at radius 2 is 2.00 bits per heavy atom. The molecule has 0 aliphatic carbocycles. The van der Waals surface area contributed by atoms with E-state index < -0.39 is 5.97 Å². The summed E-state index contributed by atoms with van der Waals surface area (Å²) in [5, 5.41) is 5.11. The molecule has 0 radical (unpaired) electrons. The number of hydrogen-bond acceptors (Lipinski definition) is 5. The molecule has 0 aliphatic rings. The van der Waals surface area contributed by atoms with E-state index in [4.69, 9.17) is 4.74 Å². The second kappa shape index (κ2) is 7.00. The molecule has 7 heteroatoms. The molecule has 0 bridgehead atoms. The van der Waals surface area contributed by atoms with Crippen molar-refractivity contribution in [3.05, 3.63) is 47.9 Å². The van der Waals surface area contributed by atoms with Crippen LogP contribution in [0.1, 0.15) is 24.2 Å². The molecule has 2 heterocycles. The van der Waals surface area contributed by atoms with E-state index in [0.717, 1.165) is 17.0 Å². The molecule has 3 rings (SSSR count). The van der Waals surface area contributed by atoms with Crippen LogP contribution in [0, 0.1) is 5.82 Å². The SMILES string of the molecule is CCOC(=O)c1c(SCC)nn2c(-c3ccc(F)cc3)ccnc12. The Balaban J connectivity index is 2.21. The molecular formula is C17H16FN3O2S. The minimum atomic E-state index is -0.438. The standard InChI is InChI=1S/C17H16FN3O2S/c1-3-23-17(22)14-15-19-10-9-13(11-5-7-12(18)8-6-11)21(15)20-16(14)24-4-2/h5-10H,3-4H2,1-2H3. The Bertz CT molecular complexity index is 877. The number of benzene rings is 1. The highest BCUT2D eigenvalue weighted by Gasteiger charge is 2.23. The second-order valence-electron chi connectivity index (χ2n) is 4.91. The maximum absolute atomic E-state index is 13.2. The van der Waals surface area contributed by atoms with Gasteiger partial charge in [-0.15, -0.1) is 11.8 Å². The first-order valence-electron chi connectivity index (χ1n) is 7.59. The fourth-order valence-electron chi connectivity index (χ4n) is 2.38. The van der Waals surface area contributed by atoms with Crippen molar-refractivity contribution in [1.82, 2.24) is 14.6 Å². The average molecular weight is 345 g/mol. The van der Waals surface area contributed by atoms with Gasteiger partial charge in [-0.05, 0) is 43.0 Å². The summed E-state index contributed by atoms with van der Waals surface area (Å²) in [6.07, 6.45) is 1.61. The van der Waals surface area contributed by atoms with Crippen LogP contribution in [0.15, 0.2) is 41.6 Å². The summed E-state index contributed by atoms with van der Waals surface area (Å²) in [6, 6.07) is 7.89. The molecule has 0 amide bonds. The van der Waals surface area contributed by atoms with Crippen LogP contribution in [-0.4, -0.2) is 32.9 Å². The van der Waals surface area contributed by atoms with Gasteiger partial charge < -0.3 is 4.74 Å². The van der Waals surface area contributed by atoms with Gasteiger partial charge in [-0.25, -0.2) is 18.7 Å². The van der Waals surface area contributed by atoms with Crippen LogP contribution in [-0.2, 0) is 4.74 Å². The quantitative estimate of drug-likeness (QED) is 0.520. The average Bonchev–Trinajstić information content (AvgIpc) is 2.94. The highest BCUT2D eigenvalue weighted by molar-refractivity contribution is 7.99. The van der Waals surface area contributed by atoms with E-state index in [9.17, 15) is 9.18 Å². The molecule has 0 saturated heterocycles. The van der Waals surface area contributed by atoms with Crippen molar-refractivity contribution >= 4 is 23.4 Å². The van der Waals surface area contributed by atoms with Crippen molar-refractivity contribution in [3.8, 4) is 11.3 Å². The number of rotatable bonds is 5. The number of carbonyl (C=O) groups excluding carboxylic acids is 1. The van der Waals surface area contributed by atoms with Gasteiger partial charge in [0.05, 0.1) is 12.3 Å². The topological polar surface area (TPSA) is 56.5 Å². The highest BCUT2D eigenvalue weighted by atomic mass is 32.2. The van der Waals surface area contributed by atoms with E-state index in [0.29, 0.717) is 16.2 Å². The summed E-state index contributed by atoms with van der Waals surface area (Å²) >= 11 is 1.46. The first-order valence-corrected chi connectivity index (χ1v) is 8.57. The van der Waals surface area contributed by atoms with Gasteiger partial charge >= 0.3 is 5.97 Å². The molecule has 3 aromatic rings. The van der Waals surface area contributed by atoms with Crippen LogP contribution in [0.2, 0.25) is 0 Å². The highest BCUT2D eigenvalue weighted by Crippen LogP contribution is 2.28. The van der Waals surface area contributed by atoms with E-state index in [1.54, 1.807) is 35.8 Å². The van der Waals surface area contributed by atoms with Crippen LogP contribution in [0.3, 0.4) is 0 Å². The summed E-state index contributed by atoms with van der Waals surface area (Å²) in [5.74, 6) is 0.0217. The number of thioether (sulfide) groups is 1. The number of aromatic nitrogens is 3. The lowest BCUT2D eigenvalue weighted by molar-refractivity contribution is 0.0524. The summed E-state index contributed by atoms with van der Waals surface area (Å²) < 4.78 is 19.9. The predicted molar refractivity (Wildman–Crippen MR) is 90.7 cm³/mol. The van der Waals surface area contributed by atoms with Gasteiger partial charge in [0.15, 0.2) is 5.65 Å². The van der Waals surface area contributed by atoms with Crippen LogP contribution >= 0.6 is 11.8 Å². The molecule has 0 aliphatic heterocycles. The van der Waals surface area contributed by atoms with Gasteiger partial charge in [0.25, 0.3) is 0 Å². The largest absolute Gasteiger partial charge is 0.462 e. The van der Waals surface area contributed by atoms with Crippen molar-refractivity contribution in [3.63, 3.8) is 0 Å². The van der Waals surface area contributed by atoms with Gasteiger partial charge in [0.2, 0.25) is 0 Å². The molecule has 0 saturated carbocycles. The molecule has 1 aromatic carbocycles. The molecule has 0 unspecified atom stereocenters. The van der Waals surface area contributed by atoms with Gasteiger partial charge in [0.1, 0.15) is 16.4 Å². The summed E-state index contributed by atoms with van der Waals surface area (Å²) in [5.41, 5.74) is 2.32. The number of halogens is 1. The van der Waals surface area contributed by atoms with Crippen LogP contribution in [0.25, 0.3) is 16.9 Å². The van der Waals surface area contributed by atoms with Crippen molar-refractivity contribution in [1.29, 1.82) is 0 Å². The fourth-order valence-corrected chi connectivity index (χ4v) is 3.12. The molecule has 0 N–H and O–H groups in total. The lowest BCUT2D eigenvalue weighted by Crippen LogP contribution is -2.06. The Morgan fingerprint density at radius 1 is 1.25 bits per heavy atom. The fraction of sp³-hybridized carbons (Fsp3) is 0.235. The van der Waals surface area contributed by atoms with E-state index in [-0.39, 0.29) is 12.4 Å². The van der Waals surface area contributed by atoms with Crippen LogP contribution in [0.5, 0.6) is 0 Å². The maximum atomic E-state index is 13.2. The molecule has 24 heavy (non-hydrogen) atoms. The first-order chi connectivity index (χ1) is 11.7. The minimum Gasteiger partial charge on any atom is -0.462 e. The van der Waals surface area contributed by atoms with E-state index >= 15 is 0 Å². The Labute approximate surface area is 142 Å². The third-order valence-electron chi connectivity index (χ3n) is 3.39. The van der Waals surface area contributed by atoms with E-state index in [1.165, 1.54) is 23.9 Å². The van der Waals surface area contributed by atoms with E-state index in [1.807, 2.05) is 6.92 Å². The zero-order valence-corrected chi connectivity index (χ0v) is 14.1. The lowest BCUT2D eigenvalue weighted by Gasteiger charge is -2.05. The smallest absolute Gasteiger partial charge is 0.344 e.